The molecule has 10 nitrogen and oxygen atoms in total. The Kier molecular flexibility index (Phi) is 7.72. The summed E-state index contributed by atoms with van der Waals surface area (Å²) in [5, 5.41) is 23.7. The van der Waals surface area contributed by atoms with Crippen molar-refractivity contribution < 1.29 is 18.3 Å². The Balaban J connectivity index is 1.76. The summed E-state index contributed by atoms with van der Waals surface area (Å²) in [7, 11) is -3.66. The number of carbonyl (C=O) groups excluding carboxylic acids is 1. The van der Waals surface area contributed by atoms with Gasteiger partial charge in [-0.2, -0.15) is 8.99 Å². The first-order chi connectivity index (χ1) is 15.7. The van der Waals surface area contributed by atoms with Gasteiger partial charge in [-0.1, -0.05) is 31.7 Å². The number of hydrogen-bond donors (Lipinski definition) is 2. The fourth-order valence-corrected chi connectivity index (χ4v) is 5.64. The van der Waals surface area contributed by atoms with Gasteiger partial charge in [0.2, 0.25) is 21.1 Å². The van der Waals surface area contributed by atoms with Crippen LogP contribution < -0.4 is 5.32 Å². The molecule has 0 unspecified atom stereocenters. The van der Waals surface area contributed by atoms with Gasteiger partial charge in [0.15, 0.2) is 0 Å². The number of benzene rings is 2. The van der Waals surface area contributed by atoms with Crippen LogP contribution in [-0.2, 0) is 14.8 Å². The van der Waals surface area contributed by atoms with Crippen LogP contribution in [0.2, 0.25) is 0 Å². The lowest BCUT2D eigenvalue weighted by Crippen LogP contribution is -2.31. The summed E-state index contributed by atoms with van der Waals surface area (Å²) in [5.74, 6) is -0.204. The zero-order valence-corrected chi connectivity index (χ0v) is 20.4. The number of tetrazole rings is 1. The molecule has 0 saturated heterocycles. The molecule has 12 heteroatoms. The summed E-state index contributed by atoms with van der Waals surface area (Å²) >= 11 is 1.15. The fraction of sp³-hybridized carbons (Fsp3) is 0.333. The molecule has 0 aliphatic rings. The first-order valence-corrected chi connectivity index (χ1v) is 12.7. The highest BCUT2D eigenvalue weighted by Gasteiger charge is 2.25. The van der Waals surface area contributed by atoms with Crippen LogP contribution in [0.5, 0.6) is 5.75 Å². The van der Waals surface area contributed by atoms with E-state index >= 15 is 0 Å². The van der Waals surface area contributed by atoms with E-state index in [1.807, 2.05) is 0 Å². The van der Waals surface area contributed by atoms with Gasteiger partial charge in [-0.25, -0.2) is 8.42 Å². The minimum absolute atomic E-state index is 0.120. The zero-order valence-electron chi connectivity index (χ0n) is 18.8. The Morgan fingerprint density at radius 3 is 2.48 bits per heavy atom. The Morgan fingerprint density at radius 2 is 1.85 bits per heavy atom. The summed E-state index contributed by atoms with van der Waals surface area (Å²) < 4.78 is 28.8. The van der Waals surface area contributed by atoms with Gasteiger partial charge in [-0.3, -0.25) is 4.79 Å². The first kappa shape index (κ1) is 24.7. The quantitative estimate of drug-likeness (QED) is 0.438. The lowest BCUT2D eigenvalue weighted by atomic mass is 10.2. The molecule has 1 aromatic heterocycles. The number of phenolic OH excluding ortho intramolecular Hbond substituents is 1. The molecule has 1 amide bonds. The molecule has 0 saturated carbocycles. The second kappa shape index (κ2) is 10.3. The normalized spacial score (nSPS) is 12.6. The lowest BCUT2D eigenvalue weighted by molar-refractivity contribution is -0.115. The predicted octanol–water partition coefficient (Wildman–Crippen LogP) is 2.83. The molecule has 3 rings (SSSR count). The third kappa shape index (κ3) is 5.52. The molecule has 0 fully saturated rings. The van der Waals surface area contributed by atoms with Gasteiger partial charge in [0, 0.05) is 18.8 Å². The number of phenols is 1. The predicted molar refractivity (Wildman–Crippen MR) is 126 cm³/mol. The highest BCUT2D eigenvalue weighted by molar-refractivity contribution is 8.00. The number of anilines is 1. The number of aryl methyl sites for hydroxylation is 1. The van der Waals surface area contributed by atoms with E-state index in [0.29, 0.717) is 35.2 Å². The van der Waals surface area contributed by atoms with Crippen molar-refractivity contribution in [3.05, 3.63) is 48.0 Å². The third-order valence-electron chi connectivity index (χ3n) is 4.97. The van der Waals surface area contributed by atoms with Crippen LogP contribution in [0.15, 0.2) is 52.5 Å². The summed E-state index contributed by atoms with van der Waals surface area (Å²) in [5.41, 5.74) is 1.63. The van der Waals surface area contributed by atoms with Crippen molar-refractivity contribution in [3.63, 3.8) is 0 Å². The molecule has 2 aromatic carbocycles. The van der Waals surface area contributed by atoms with E-state index in [1.54, 1.807) is 52.0 Å². The number of sulfonamides is 1. The second-order valence-corrected chi connectivity index (χ2v) is 10.4. The monoisotopic (exact) mass is 490 g/mol. The Hall–Kier alpha value is -2.96. The smallest absolute Gasteiger partial charge is 0.243 e. The van der Waals surface area contributed by atoms with Crippen LogP contribution in [0.25, 0.3) is 5.69 Å². The molecule has 0 spiro atoms. The van der Waals surface area contributed by atoms with E-state index in [0.717, 1.165) is 11.8 Å². The van der Waals surface area contributed by atoms with E-state index < -0.39 is 15.3 Å². The molecule has 0 aliphatic carbocycles. The van der Waals surface area contributed by atoms with Crippen molar-refractivity contribution in [3.8, 4) is 11.4 Å². The average molecular weight is 491 g/mol. The number of aromatic hydroxyl groups is 1. The van der Waals surface area contributed by atoms with Crippen molar-refractivity contribution in [2.45, 2.75) is 43.0 Å². The maximum Gasteiger partial charge on any atom is 0.243 e. The Labute approximate surface area is 197 Å². The average Bonchev–Trinajstić information content (AvgIpc) is 3.24. The van der Waals surface area contributed by atoms with Gasteiger partial charge >= 0.3 is 0 Å². The van der Waals surface area contributed by atoms with Crippen LogP contribution in [0.1, 0.15) is 26.3 Å². The number of carbonyl (C=O) groups is 1. The number of amides is 1. The Bertz CT molecular complexity index is 1220. The summed E-state index contributed by atoms with van der Waals surface area (Å²) in [4.78, 5) is 13.0. The van der Waals surface area contributed by atoms with Crippen molar-refractivity contribution >= 4 is 33.4 Å². The number of rotatable bonds is 9. The topological polar surface area (TPSA) is 130 Å². The van der Waals surface area contributed by atoms with Gasteiger partial charge in [-0.05, 0) is 66.2 Å². The second-order valence-electron chi connectivity index (χ2n) is 7.21. The molecular formula is C21H26N6O4S2. The third-order valence-corrected chi connectivity index (χ3v) is 8.19. The van der Waals surface area contributed by atoms with Crippen LogP contribution >= 0.6 is 11.8 Å². The van der Waals surface area contributed by atoms with E-state index in [-0.39, 0.29) is 16.6 Å². The van der Waals surface area contributed by atoms with Crippen LogP contribution in [0.3, 0.4) is 0 Å². The van der Waals surface area contributed by atoms with Crippen LogP contribution in [0.4, 0.5) is 5.69 Å². The zero-order chi connectivity index (χ0) is 24.2. The standard InChI is InChI=1S/C21H26N6O4S2/c1-5-26(6-2)33(30,31)19-13-16(8-7-14(19)3)22-20(29)15(4)32-21-23-24-25-27(21)17-9-11-18(28)12-10-17/h7-13,15,28H,5-6H2,1-4H3,(H,22,29)/t15-/m1/s1. The van der Waals surface area contributed by atoms with Gasteiger partial charge < -0.3 is 10.4 Å². The lowest BCUT2D eigenvalue weighted by Gasteiger charge is -2.20. The molecule has 33 heavy (non-hydrogen) atoms. The van der Waals surface area contributed by atoms with Gasteiger partial charge in [-0.15, -0.1) is 5.10 Å². The van der Waals surface area contributed by atoms with Crippen LogP contribution in [0, 0.1) is 6.92 Å². The van der Waals surface area contributed by atoms with E-state index in [2.05, 4.69) is 20.8 Å². The number of nitrogens with zero attached hydrogens (tertiary/aromatic N) is 5. The SMILES string of the molecule is CCN(CC)S(=O)(=O)c1cc(NC(=O)[C@@H](C)Sc2nnnn2-c2ccc(O)cc2)ccc1C. The van der Waals surface area contributed by atoms with Crippen molar-refractivity contribution in [1.82, 2.24) is 24.5 Å². The van der Waals surface area contributed by atoms with Gasteiger partial charge in [0.1, 0.15) is 5.75 Å². The van der Waals surface area contributed by atoms with E-state index in [4.69, 9.17) is 0 Å². The summed E-state index contributed by atoms with van der Waals surface area (Å²) in [6.45, 7) is 7.72. The maximum absolute atomic E-state index is 13.0. The van der Waals surface area contributed by atoms with Gasteiger partial charge in [0.05, 0.1) is 15.8 Å². The van der Waals surface area contributed by atoms with Crippen molar-refractivity contribution in [2.24, 2.45) is 0 Å². The minimum atomic E-state index is -3.66. The summed E-state index contributed by atoms with van der Waals surface area (Å²) in [6, 6.07) is 11.2. The van der Waals surface area contributed by atoms with Gasteiger partial charge in [0.25, 0.3) is 0 Å². The first-order valence-electron chi connectivity index (χ1n) is 10.3. The highest BCUT2D eigenvalue weighted by Crippen LogP contribution is 2.27. The van der Waals surface area contributed by atoms with Crippen molar-refractivity contribution in [2.75, 3.05) is 18.4 Å². The molecule has 2 N–H and O–H groups in total. The molecule has 0 bridgehead atoms. The van der Waals surface area contributed by atoms with Crippen LogP contribution in [-0.4, -0.2) is 62.3 Å². The van der Waals surface area contributed by atoms with E-state index in [1.165, 1.54) is 27.2 Å². The number of thioether (sulfide) groups is 1. The molecule has 3 aromatic rings. The molecule has 0 aliphatic heterocycles. The molecule has 176 valence electrons. The fourth-order valence-electron chi connectivity index (χ4n) is 3.12. The molecule has 0 radical (unpaired) electrons. The highest BCUT2D eigenvalue weighted by atomic mass is 32.2. The molecular weight excluding hydrogens is 464 g/mol. The van der Waals surface area contributed by atoms with E-state index in [9.17, 15) is 18.3 Å². The summed E-state index contributed by atoms with van der Waals surface area (Å²) in [6.07, 6.45) is 0. The number of hydrogen-bond acceptors (Lipinski definition) is 8. The number of aromatic nitrogens is 4. The molecule has 1 heterocycles. The van der Waals surface area contributed by atoms with Crippen molar-refractivity contribution in [1.29, 1.82) is 0 Å². The Morgan fingerprint density at radius 1 is 1.18 bits per heavy atom. The minimum Gasteiger partial charge on any atom is -0.508 e. The largest absolute Gasteiger partial charge is 0.508 e. The molecule has 1 atom stereocenters. The number of nitrogens with one attached hydrogen (secondary N) is 1. The maximum atomic E-state index is 13.0.